The summed E-state index contributed by atoms with van der Waals surface area (Å²) in [5.74, 6) is -0.0545. The Morgan fingerprint density at radius 2 is 1.67 bits per heavy atom. The summed E-state index contributed by atoms with van der Waals surface area (Å²) in [5.41, 5.74) is 3.62. The molecule has 6 nitrogen and oxygen atoms in total. The minimum absolute atomic E-state index is 0.0209. The van der Waals surface area contributed by atoms with E-state index >= 15 is 0 Å². The Bertz CT molecular complexity index is 1050. The lowest BCUT2D eigenvalue weighted by atomic mass is 9.94. The van der Waals surface area contributed by atoms with Gasteiger partial charge in [-0.05, 0) is 87.6 Å². The first-order valence-electron chi connectivity index (χ1n) is 13.1. The van der Waals surface area contributed by atoms with Crippen LogP contribution in [0.3, 0.4) is 0 Å². The second-order valence-electron chi connectivity index (χ2n) is 11.0. The normalized spacial score (nSPS) is 15.0. The molecule has 1 heterocycles. The maximum Gasteiger partial charge on any atom is 0.347 e. The van der Waals surface area contributed by atoms with E-state index in [1.807, 2.05) is 26.0 Å². The van der Waals surface area contributed by atoms with Gasteiger partial charge in [0.1, 0.15) is 5.75 Å². The fraction of sp³-hybridized carbons (Fsp3) is 0.533. The van der Waals surface area contributed by atoms with Crippen LogP contribution < -0.4 is 15.0 Å². The van der Waals surface area contributed by atoms with Gasteiger partial charge in [0, 0.05) is 18.8 Å². The lowest BCUT2D eigenvalue weighted by Gasteiger charge is -2.33. The van der Waals surface area contributed by atoms with Crippen molar-refractivity contribution in [3.63, 3.8) is 0 Å². The summed E-state index contributed by atoms with van der Waals surface area (Å²) < 4.78 is 5.82. The van der Waals surface area contributed by atoms with E-state index < -0.39 is 11.6 Å². The van der Waals surface area contributed by atoms with Crippen molar-refractivity contribution < 1.29 is 19.4 Å². The van der Waals surface area contributed by atoms with Gasteiger partial charge in [-0.25, -0.2) is 4.79 Å². The molecule has 1 amide bonds. The highest BCUT2D eigenvalue weighted by Crippen LogP contribution is 2.33. The maximum atomic E-state index is 13.3. The molecule has 0 saturated carbocycles. The smallest absolute Gasteiger partial charge is 0.347 e. The van der Waals surface area contributed by atoms with E-state index in [0.717, 1.165) is 36.2 Å². The second-order valence-corrected chi connectivity index (χ2v) is 11.0. The molecule has 196 valence electrons. The number of nitrogens with zero attached hydrogens (tertiary/aromatic N) is 1. The van der Waals surface area contributed by atoms with Gasteiger partial charge in [0.2, 0.25) is 5.91 Å². The summed E-state index contributed by atoms with van der Waals surface area (Å²) in [4.78, 5) is 27.2. The van der Waals surface area contributed by atoms with Gasteiger partial charge < -0.3 is 20.1 Å². The van der Waals surface area contributed by atoms with Crippen LogP contribution in [0.1, 0.15) is 81.7 Å². The van der Waals surface area contributed by atoms with E-state index in [9.17, 15) is 14.7 Å². The van der Waals surface area contributed by atoms with Gasteiger partial charge in [0.25, 0.3) is 0 Å². The van der Waals surface area contributed by atoms with Crippen LogP contribution in [0, 0.1) is 19.8 Å². The van der Waals surface area contributed by atoms with Crippen molar-refractivity contribution in [3.05, 3.63) is 58.7 Å². The number of hydrogen-bond donors (Lipinski definition) is 2. The molecule has 1 saturated heterocycles. The van der Waals surface area contributed by atoms with Gasteiger partial charge in [0.05, 0.1) is 12.5 Å². The molecule has 6 heteroatoms. The van der Waals surface area contributed by atoms with Gasteiger partial charge >= 0.3 is 5.97 Å². The van der Waals surface area contributed by atoms with Gasteiger partial charge in [0.15, 0.2) is 5.60 Å². The highest BCUT2D eigenvalue weighted by atomic mass is 16.5. The van der Waals surface area contributed by atoms with Crippen LogP contribution >= 0.6 is 0 Å². The largest absolute Gasteiger partial charge is 0.478 e. The lowest BCUT2D eigenvalue weighted by Crippen LogP contribution is -2.38. The van der Waals surface area contributed by atoms with Crippen molar-refractivity contribution in [2.75, 3.05) is 18.0 Å². The number of nitrogens with one attached hydrogen (secondary N) is 1. The Labute approximate surface area is 216 Å². The summed E-state index contributed by atoms with van der Waals surface area (Å²) in [7, 11) is 0. The molecular weight excluding hydrogens is 452 g/mol. The first-order chi connectivity index (χ1) is 17.0. The summed E-state index contributed by atoms with van der Waals surface area (Å²) in [6.45, 7) is 13.3. The quantitative estimate of drug-likeness (QED) is 0.425. The number of piperidine rings is 1. The standard InChI is InChI=1S/C30H42N2O4/c1-20(2)16-25(24-12-8-9-13-26(24)32-14-10-7-11-15-32)31-27(33)19-23-17-21(3)28(22(4)18-23)36-30(5,6)29(34)35/h8-9,12-13,17-18,20,25H,7,10-11,14-16,19H2,1-6H3,(H,31,33)(H,34,35). The topological polar surface area (TPSA) is 78.9 Å². The Hall–Kier alpha value is -3.02. The molecule has 1 fully saturated rings. The van der Waals surface area contributed by atoms with E-state index in [-0.39, 0.29) is 18.4 Å². The van der Waals surface area contributed by atoms with E-state index in [0.29, 0.717) is 11.7 Å². The Balaban J connectivity index is 1.79. The molecule has 1 atom stereocenters. The zero-order valence-electron chi connectivity index (χ0n) is 22.7. The third-order valence-corrected chi connectivity index (χ3v) is 6.81. The minimum atomic E-state index is -1.33. The molecule has 0 aromatic heterocycles. The van der Waals surface area contributed by atoms with Crippen molar-refractivity contribution in [2.45, 2.75) is 85.3 Å². The highest BCUT2D eigenvalue weighted by Gasteiger charge is 2.31. The van der Waals surface area contributed by atoms with Crippen molar-refractivity contribution in [1.29, 1.82) is 0 Å². The number of carbonyl (C=O) groups is 2. The molecule has 3 rings (SSSR count). The molecule has 1 aliphatic rings. The number of carboxylic acid groups (broad SMARTS) is 1. The fourth-order valence-electron chi connectivity index (χ4n) is 4.97. The van der Waals surface area contributed by atoms with E-state index in [1.54, 1.807) is 0 Å². The number of para-hydroxylation sites is 1. The molecule has 1 unspecified atom stereocenters. The summed E-state index contributed by atoms with van der Waals surface area (Å²) >= 11 is 0. The second kappa shape index (κ2) is 11.8. The van der Waals surface area contributed by atoms with Crippen molar-refractivity contribution >= 4 is 17.6 Å². The van der Waals surface area contributed by atoms with Crippen LogP contribution in [0.2, 0.25) is 0 Å². The molecule has 0 radical (unpaired) electrons. The van der Waals surface area contributed by atoms with Crippen LogP contribution in [-0.4, -0.2) is 35.7 Å². The monoisotopic (exact) mass is 494 g/mol. The molecule has 0 aliphatic carbocycles. The average molecular weight is 495 g/mol. The lowest BCUT2D eigenvalue weighted by molar-refractivity contribution is -0.152. The predicted octanol–water partition coefficient (Wildman–Crippen LogP) is 5.98. The van der Waals surface area contributed by atoms with Crippen molar-refractivity contribution in [1.82, 2.24) is 5.32 Å². The number of aliphatic carboxylic acids is 1. The molecule has 0 bridgehead atoms. The van der Waals surface area contributed by atoms with Crippen LogP contribution in [0.4, 0.5) is 5.69 Å². The third-order valence-electron chi connectivity index (χ3n) is 6.81. The molecule has 2 aromatic rings. The average Bonchev–Trinajstić information content (AvgIpc) is 2.81. The summed E-state index contributed by atoms with van der Waals surface area (Å²) in [6, 6.07) is 12.3. The molecule has 2 aromatic carbocycles. The number of amides is 1. The molecule has 36 heavy (non-hydrogen) atoms. The van der Waals surface area contributed by atoms with Crippen LogP contribution in [0.5, 0.6) is 5.75 Å². The number of aryl methyl sites for hydroxylation is 2. The zero-order valence-corrected chi connectivity index (χ0v) is 22.7. The van der Waals surface area contributed by atoms with E-state index in [4.69, 9.17) is 4.74 Å². The number of ether oxygens (including phenoxy) is 1. The SMILES string of the molecule is Cc1cc(CC(=O)NC(CC(C)C)c2ccccc2N2CCCCC2)cc(C)c1OC(C)(C)C(=O)O. The predicted molar refractivity (Wildman–Crippen MR) is 145 cm³/mol. The summed E-state index contributed by atoms with van der Waals surface area (Å²) in [6.07, 6.45) is 4.81. The fourth-order valence-corrected chi connectivity index (χ4v) is 4.97. The maximum absolute atomic E-state index is 13.3. The van der Waals surface area contributed by atoms with Crippen molar-refractivity contribution in [3.8, 4) is 5.75 Å². The summed E-state index contributed by atoms with van der Waals surface area (Å²) in [5, 5.41) is 12.7. The number of benzene rings is 2. The van der Waals surface area contributed by atoms with Gasteiger partial charge in [-0.15, -0.1) is 0 Å². The number of anilines is 1. The van der Waals surface area contributed by atoms with Gasteiger partial charge in [-0.1, -0.05) is 44.2 Å². The van der Waals surface area contributed by atoms with E-state index in [2.05, 4.69) is 48.3 Å². The first kappa shape index (κ1) is 27.6. The molecular formula is C30H42N2O4. The number of hydrogen-bond acceptors (Lipinski definition) is 4. The number of carbonyl (C=O) groups excluding carboxylic acids is 1. The Morgan fingerprint density at radius 1 is 1.06 bits per heavy atom. The Kier molecular flexibility index (Phi) is 9.04. The molecule has 2 N–H and O–H groups in total. The van der Waals surface area contributed by atoms with Gasteiger partial charge in [-0.3, -0.25) is 4.79 Å². The van der Waals surface area contributed by atoms with Crippen LogP contribution in [0.25, 0.3) is 0 Å². The molecule has 0 spiro atoms. The highest BCUT2D eigenvalue weighted by molar-refractivity contribution is 5.80. The zero-order chi connectivity index (χ0) is 26.5. The Morgan fingerprint density at radius 3 is 2.25 bits per heavy atom. The van der Waals surface area contributed by atoms with Crippen molar-refractivity contribution in [2.24, 2.45) is 5.92 Å². The number of carboxylic acids is 1. The third kappa shape index (κ3) is 7.02. The number of rotatable bonds is 10. The molecule has 1 aliphatic heterocycles. The van der Waals surface area contributed by atoms with Crippen LogP contribution in [-0.2, 0) is 16.0 Å². The minimum Gasteiger partial charge on any atom is -0.478 e. The van der Waals surface area contributed by atoms with E-state index in [1.165, 1.54) is 44.4 Å². The first-order valence-corrected chi connectivity index (χ1v) is 13.1. The van der Waals surface area contributed by atoms with Gasteiger partial charge in [-0.2, -0.15) is 0 Å². The van der Waals surface area contributed by atoms with Crippen LogP contribution in [0.15, 0.2) is 36.4 Å².